The number of rotatable bonds is 6. The van der Waals surface area contributed by atoms with Crippen molar-refractivity contribution >= 4 is 34.2 Å². The van der Waals surface area contributed by atoms with E-state index >= 15 is 0 Å². The number of nitrogen functional groups attached to an aromatic ring is 1. The highest BCUT2D eigenvalue weighted by atomic mass is 15.1. The third-order valence-corrected chi connectivity index (χ3v) is 5.26. The first kappa shape index (κ1) is 18.2. The van der Waals surface area contributed by atoms with Crippen LogP contribution in [0.2, 0.25) is 0 Å². The van der Waals surface area contributed by atoms with Gasteiger partial charge in [-0.05, 0) is 49.8 Å². The Morgan fingerprint density at radius 3 is 2.57 bits per heavy atom. The summed E-state index contributed by atoms with van der Waals surface area (Å²) >= 11 is 0. The van der Waals surface area contributed by atoms with Crippen LogP contribution in [0.15, 0.2) is 36.8 Å². The Bertz CT molecular complexity index is 919. The van der Waals surface area contributed by atoms with Gasteiger partial charge in [-0.2, -0.15) is 0 Å². The molecule has 28 heavy (non-hydrogen) atoms. The normalized spacial score (nSPS) is 19.3. The van der Waals surface area contributed by atoms with Gasteiger partial charge in [0, 0.05) is 31.2 Å². The maximum Gasteiger partial charge on any atom is 0.222 e. The van der Waals surface area contributed by atoms with Gasteiger partial charge in [0.05, 0.1) is 18.1 Å². The van der Waals surface area contributed by atoms with Crippen LogP contribution in [-0.2, 0) is 0 Å². The number of nitrogens with two attached hydrogens (primary N) is 1. The molecule has 0 spiro atoms. The predicted molar refractivity (Wildman–Crippen MR) is 113 cm³/mol. The third kappa shape index (κ3) is 4.21. The molecule has 0 aliphatic heterocycles. The Morgan fingerprint density at radius 1 is 1.04 bits per heavy atom. The maximum atomic E-state index is 5.62. The largest absolute Gasteiger partial charge is 0.396 e. The highest BCUT2D eigenvalue weighted by Crippen LogP contribution is 2.27. The predicted octanol–water partition coefficient (Wildman–Crippen LogP) is 3.13. The van der Waals surface area contributed by atoms with Crippen molar-refractivity contribution in [3.63, 3.8) is 0 Å². The molecule has 1 saturated carbocycles. The summed E-state index contributed by atoms with van der Waals surface area (Å²) in [5, 5.41) is 11.1. The fourth-order valence-corrected chi connectivity index (χ4v) is 3.70. The van der Waals surface area contributed by atoms with Crippen molar-refractivity contribution in [1.29, 1.82) is 0 Å². The molecule has 3 aromatic heterocycles. The lowest BCUT2D eigenvalue weighted by Gasteiger charge is -2.29. The van der Waals surface area contributed by atoms with E-state index in [9.17, 15) is 0 Å². The summed E-state index contributed by atoms with van der Waals surface area (Å²) in [6.07, 6.45) is 9.63. The second kappa shape index (κ2) is 8.24. The monoisotopic (exact) mass is 378 g/mol. The first-order valence-electron chi connectivity index (χ1n) is 9.72. The Kier molecular flexibility index (Phi) is 5.36. The molecule has 0 atom stereocenters. The van der Waals surface area contributed by atoms with Crippen molar-refractivity contribution in [2.45, 2.75) is 31.7 Å². The topological polar surface area (TPSA) is 114 Å². The van der Waals surface area contributed by atoms with Crippen molar-refractivity contribution in [2.24, 2.45) is 5.92 Å². The van der Waals surface area contributed by atoms with Crippen molar-refractivity contribution < 1.29 is 0 Å². The average Bonchev–Trinajstić information content (AvgIpc) is 2.74. The van der Waals surface area contributed by atoms with Gasteiger partial charge in [0.15, 0.2) is 5.82 Å². The Balaban J connectivity index is 1.30. The zero-order chi connectivity index (χ0) is 19.3. The van der Waals surface area contributed by atoms with Crippen LogP contribution in [0.1, 0.15) is 25.7 Å². The van der Waals surface area contributed by atoms with Gasteiger partial charge < -0.3 is 21.7 Å². The molecule has 3 heterocycles. The first-order chi connectivity index (χ1) is 13.7. The van der Waals surface area contributed by atoms with E-state index in [0.29, 0.717) is 23.6 Å². The van der Waals surface area contributed by atoms with Gasteiger partial charge in [0.2, 0.25) is 5.95 Å². The Hall–Kier alpha value is -3.16. The van der Waals surface area contributed by atoms with Crippen LogP contribution in [0.5, 0.6) is 0 Å². The number of fused-ring (bicyclic) bond motifs is 1. The molecule has 1 aliphatic carbocycles. The molecule has 4 rings (SSSR count). The highest BCUT2D eigenvalue weighted by Gasteiger charge is 2.21. The molecule has 3 aromatic rings. The summed E-state index contributed by atoms with van der Waals surface area (Å²) in [7, 11) is 1.87. The van der Waals surface area contributed by atoms with Gasteiger partial charge in [0.25, 0.3) is 0 Å². The van der Waals surface area contributed by atoms with E-state index in [-0.39, 0.29) is 0 Å². The lowest BCUT2D eigenvalue weighted by Crippen LogP contribution is -2.29. The van der Waals surface area contributed by atoms with Crippen LogP contribution in [-0.4, -0.2) is 39.6 Å². The molecule has 0 saturated heterocycles. The van der Waals surface area contributed by atoms with E-state index in [2.05, 4.69) is 37.0 Å². The second-order valence-electron chi connectivity index (χ2n) is 7.26. The minimum Gasteiger partial charge on any atom is -0.396 e. The highest BCUT2D eigenvalue weighted by molar-refractivity contribution is 5.89. The van der Waals surface area contributed by atoms with Crippen LogP contribution >= 0.6 is 0 Å². The first-order valence-corrected chi connectivity index (χ1v) is 9.72. The van der Waals surface area contributed by atoms with Crippen LogP contribution in [0.3, 0.4) is 0 Å². The lowest BCUT2D eigenvalue weighted by molar-refractivity contribution is 0.350. The van der Waals surface area contributed by atoms with Crippen LogP contribution < -0.4 is 21.7 Å². The lowest BCUT2D eigenvalue weighted by atomic mass is 9.86. The standard InChI is InChI=1S/C20H26N8/c1-22-19-18-14(8-9-23-19)4-7-17(28-18)27-16-5-2-13(3-6-16)10-24-20-25-11-15(21)12-26-20/h4,7-9,11-13,16H,2-3,5-6,10,21H2,1H3,(H,22,23)(H,27,28)(H,24,25,26)/t13-,16-. The summed E-state index contributed by atoms with van der Waals surface area (Å²) in [5.74, 6) is 2.99. The van der Waals surface area contributed by atoms with Gasteiger partial charge >= 0.3 is 0 Å². The van der Waals surface area contributed by atoms with Crippen LogP contribution in [0, 0.1) is 5.92 Å². The number of aromatic nitrogens is 4. The van der Waals surface area contributed by atoms with Gasteiger partial charge in [0.1, 0.15) is 11.3 Å². The molecule has 1 fully saturated rings. The number of nitrogens with one attached hydrogen (secondary N) is 3. The van der Waals surface area contributed by atoms with E-state index in [1.54, 1.807) is 18.6 Å². The molecular weight excluding hydrogens is 352 g/mol. The van der Waals surface area contributed by atoms with E-state index < -0.39 is 0 Å². The smallest absolute Gasteiger partial charge is 0.222 e. The Morgan fingerprint density at radius 2 is 1.82 bits per heavy atom. The zero-order valence-corrected chi connectivity index (χ0v) is 16.0. The molecular formula is C20H26N8. The average molecular weight is 378 g/mol. The summed E-state index contributed by atoms with van der Waals surface area (Å²) in [4.78, 5) is 17.5. The summed E-state index contributed by atoms with van der Waals surface area (Å²) in [6, 6.07) is 6.57. The number of nitrogens with zero attached hydrogens (tertiary/aromatic N) is 4. The summed E-state index contributed by atoms with van der Waals surface area (Å²) in [5.41, 5.74) is 7.10. The van der Waals surface area contributed by atoms with Crippen molar-refractivity contribution in [3.05, 3.63) is 36.8 Å². The molecule has 8 nitrogen and oxygen atoms in total. The number of hydrogen-bond donors (Lipinski definition) is 4. The van der Waals surface area contributed by atoms with E-state index in [4.69, 9.17) is 10.7 Å². The molecule has 146 valence electrons. The maximum absolute atomic E-state index is 5.62. The molecule has 1 aliphatic rings. The molecule has 0 amide bonds. The molecule has 8 heteroatoms. The minimum absolute atomic E-state index is 0.448. The number of hydrogen-bond acceptors (Lipinski definition) is 8. The number of anilines is 4. The van der Waals surface area contributed by atoms with E-state index in [0.717, 1.165) is 54.8 Å². The SMILES string of the molecule is CNc1nccc2ccc(N[C@H]3CC[C@H](CNc4ncc(N)cn4)CC3)nc12. The molecule has 0 bridgehead atoms. The van der Waals surface area contributed by atoms with E-state index in [1.165, 1.54) is 0 Å². The molecule has 5 N–H and O–H groups in total. The van der Waals surface area contributed by atoms with Crippen LogP contribution in [0.4, 0.5) is 23.3 Å². The van der Waals surface area contributed by atoms with Gasteiger partial charge in [-0.25, -0.2) is 19.9 Å². The minimum atomic E-state index is 0.448. The van der Waals surface area contributed by atoms with Gasteiger partial charge in [-0.3, -0.25) is 0 Å². The molecule has 0 unspecified atom stereocenters. The van der Waals surface area contributed by atoms with Crippen molar-refractivity contribution in [2.75, 3.05) is 35.3 Å². The van der Waals surface area contributed by atoms with Gasteiger partial charge in [-0.15, -0.1) is 0 Å². The second-order valence-corrected chi connectivity index (χ2v) is 7.26. The van der Waals surface area contributed by atoms with Gasteiger partial charge in [-0.1, -0.05) is 0 Å². The fourth-order valence-electron chi connectivity index (χ4n) is 3.70. The van der Waals surface area contributed by atoms with Crippen molar-refractivity contribution in [3.8, 4) is 0 Å². The number of pyridine rings is 2. The summed E-state index contributed by atoms with van der Waals surface area (Å²) in [6.45, 7) is 0.891. The zero-order valence-electron chi connectivity index (χ0n) is 16.0. The van der Waals surface area contributed by atoms with E-state index in [1.807, 2.05) is 19.2 Å². The molecule has 0 aromatic carbocycles. The van der Waals surface area contributed by atoms with Crippen molar-refractivity contribution in [1.82, 2.24) is 19.9 Å². The van der Waals surface area contributed by atoms with Crippen LogP contribution in [0.25, 0.3) is 10.9 Å². The fraction of sp³-hybridized carbons (Fsp3) is 0.400. The summed E-state index contributed by atoms with van der Waals surface area (Å²) < 4.78 is 0. The Labute approximate surface area is 164 Å². The quantitative estimate of drug-likeness (QED) is 0.517. The third-order valence-electron chi connectivity index (χ3n) is 5.26. The molecule has 0 radical (unpaired) electrons.